The maximum atomic E-state index is 11.4. The molecule has 0 radical (unpaired) electrons. The van der Waals surface area contributed by atoms with Gasteiger partial charge in [0.25, 0.3) is 5.69 Å². The van der Waals surface area contributed by atoms with Crippen molar-refractivity contribution >= 4 is 40.3 Å². The molecule has 0 aliphatic rings. The Morgan fingerprint density at radius 2 is 1.43 bits per heavy atom. The molecule has 142 valence electrons. The van der Waals surface area contributed by atoms with Crippen LogP contribution < -0.4 is 16.4 Å². The SMILES string of the molecule is Cc1ccc(Nc2nc(Nc3ccc([N+](=O)[O-])cc3)nc(N)c2[N+](=O)[O-])cc1. The Morgan fingerprint density at radius 3 is 2.00 bits per heavy atom. The predicted molar refractivity (Wildman–Crippen MR) is 104 cm³/mol. The highest BCUT2D eigenvalue weighted by Gasteiger charge is 2.23. The van der Waals surface area contributed by atoms with E-state index in [2.05, 4.69) is 20.6 Å². The fourth-order valence-corrected chi connectivity index (χ4v) is 2.36. The lowest BCUT2D eigenvalue weighted by Gasteiger charge is -2.11. The number of nitro benzene ring substituents is 1. The van der Waals surface area contributed by atoms with Gasteiger partial charge >= 0.3 is 5.69 Å². The van der Waals surface area contributed by atoms with Crippen molar-refractivity contribution in [3.05, 3.63) is 74.3 Å². The van der Waals surface area contributed by atoms with E-state index in [1.54, 1.807) is 12.1 Å². The molecule has 1 aromatic heterocycles. The lowest BCUT2D eigenvalue weighted by molar-refractivity contribution is -0.384. The predicted octanol–water partition coefficient (Wildman–Crippen LogP) is 3.67. The molecule has 0 fully saturated rings. The number of nitrogens with one attached hydrogen (secondary N) is 2. The molecule has 2 aromatic carbocycles. The van der Waals surface area contributed by atoms with Gasteiger partial charge in [0, 0.05) is 23.5 Å². The van der Waals surface area contributed by atoms with Gasteiger partial charge in [-0.3, -0.25) is 20.2 Å². The smallest absolute Gasteiger partial charge is 0.353 e. The number of rotatable bonds is 6. The molecule has 28 heavy (non-hydrogen) atoms. The Morgan fingerprint density at radius 1 is 0.857 bits per heavy atom. The minimum absolute atomic E-state index is 0.00608. The summed E-state index contributed by atoms with van der Waals surface area (Å²) in [5.41, 5.74) is 7.31. The fraction of sp³-hybridized carbons (Fsp3) is 0.0588. The third-order valence-corrected chi connectivity index (χ3v) is 3.74. The molecule has 3 rings (SSSR count). The first-order valence-corrected chi connectivity index (χ1v) is 8.00. The summed E-state index contributed by atoms with van der Waals surface area (Å²) in [4.78, 5) is 29.0. The molecule has 0 atom stereocenters. The molecular weight excluding hydrogens is 366 g/mol. The number of aromatic nitrogens is 2. The van der Waals surface area contributed by atoms with Gasteiger partial charge < -0.3 is 16.4 Å². The number of nitrogens with zero attached hydrogens (tertiary/aromatic N) is 4. The van der Waals surface area contributed by atoms with Crippen molar-refractivity contribution in [1.82, 2.24) is 9.97 Å². The largest absolute Gasteiger partial charge is 0.378 e. The van der Waals surface area contributed by atoms with E-state index in [1.807, 2.05) is 19.1 Å². The lowest BCUT2D eigenvalue weighted by atomic mass is 10.2. The third kappa shape index (κ3) is 4.09. The molecule has 0 bridgehead atoms. The van der Waals surface area contributed by atoms with Gasteiger partial charge in [0.05, 0.1) is 9.85 Å². The van der Waals surface area contributed by atoms with E-state index < -0.39 is 15.5 Å². The molecule has 0 saturated carbocycles. The molecular formula is C17H15N7O4. The number of aryl methyl sites for hydroxylation is 1. The standard InChI is InChI=1S/C17H15N7O4/c1-10-2-4-11(5-3-10)19-16-14(24(27)28)15(18)21-17(22-16)20-12-6-8-13(9-7-12)23(25)26/h2-9H,1H3,(H4,18,19,20,21,22). The van der Waals surface area contributed by atoms with Crippen LogP contribution >= 0.6 is 0 Å². The minimum atomic E-state index is -0.665. The van der Waals surface area contributed by atoms with E-state index >= 15 is 0 Å². The van der Waals surface area contributed by atoms with Crippen LogP contribution in [0.1, 0.15) is 5.56 Å². The van der Waals surface area contributed by atoms with Crippen molar-refractivity contribution in [3.8, 4) is 0 Å². The summed E-state index contributed by atoms with van der Waals surface area (Å²) in [6.07, 6.45) is 0. The molecule has 1 heterocycles. The Kier molecular flexibility index (Phi) is 4.98. The summed E-state index contributed by atoms with van der Waals surface area (Å²) >= 11 is 0. The first-order valence-electron chi connectivity index (χ1n) is 8.00. The zero-order chi connectivity index (χ0) is 20.3. The zero-order valence-electron chi connectivity index (χ0n) is 14.6. The Hall–Kier alpha value is -4.28. The summed E-state index contributed by atoms with van der Waals surface area (Å²) in [6, 6.07) is 12.7. The number of hydrogen-bond acceptors (Lipinski definition) is 9. The summed E-state index contributed by atoms with van der Waals surface area (Å²) in [7, 11) is 0. The average Bonchev–Trinajstić information content (AvgIpc) is 2.63. The number of hydrogen-bond donors (Lipinski definition) is 3. The Labute approximate surface area is 158 Å². The molecule has 11 heteroatoms. The van der Waals surface area contributed by atoms with Crippen LogP contribution in [0.15, 0.2) is 48.5 Å². The molecule has 3 aromatic rings. The van der Waals surface area contributed by atoms with Gasteiger partial charge in [-0.25, -0.2) is 0 Å². The van der Waals surface area contributed by atoms with E-state index in [-0.39, 0.29) is 23.3 Å². The summed E-state index contributed by atoms with van der Waals surface area (Å²) in [5, 5.41) is 27.8. The Bertz CT molecular complexity index is 1040. The molecule has 0 spiro atoms. The molecule has 11 nitrogen and oxygen atoms in total. The van der Waals surface area contributed by atoms with Crippen molar-refractivity contribution in [3.63, 3.8) is 0 Å². The van der Waals surface area contributed by atoms with Crippen LogP contribution in [-0.4, -0.2) is 19.8 Å². The zero-order valence-corrected chi connectivity index (χ0v) is 14.6. The van der Waals surface area contributed by atoms with Crippen LogP contribution in [0.4, 0.5) is 40.3 Å². The second kappa shape index (κ2) is 7.53. The van der Waals surface area contributed by atoms with E-state index in [9.17, 15) is 20.2 Å². The maximum absolute atomic E-state index is 11.4. The summed E-state index contributed by atoms with van der Waals surface area (Å²) < 4.78 is 0. The third-order valence-electron chi connectivity index (χ3n) is 3.74. The number of nitro groups is 2. The number of anilines is 5. The minimum Gasteiger partial charge on any atom is -0.378 e. The average molecular weight is 381 g/mol. The highest BCUT2D eigenvalue weighted by Crippen LogP contribution is 2.32. The lowest BCUT2D eigenvalue weighted by Crippen LogP contribution is -2.08. The normalized spacial score (nSPS) is 10.3. The fourth-order valence-electron chi connectivity index (χ4n) is 2.36. The van der Waals surface area contributed by atoms with Gasteiger partial charge in [0.2, 0.25) is 17.6 Å². The van der Waals surface area contributed by atoms with Gasteiger partial charge in [-0.1, -0.05) is 17.7 Å². The molecule has 4 N–H and O–H groups in total. The van der Waals surface area contributed by atoms with E-state index in [4.69, 9.17) is 5.73 Å². The quantitative estimate of drug-likeness (QED) is 0.427. The van der Waals surface area contributed by atoms with Crippen LogP contribution in [0.2, 0.25) is 0 Å². The van der Waals surface area contributed by atoms with E-state index in [0.717, 1.165) is 5.56 Å². The first kappa shape index (κ1) is 18.5. The Balaban J connectivity index is 1.94. The highest BCUT2D eigenvalue weighted by atomic mass is 16.6. The van der Waals surface area contributed by atoms with Crippen LogP contribution in [0, 0.1) is 27.2 Å². The highest BCUT2D eigenvalue weighted by molar-refractivity contribution is 5.75. The van der Waals surface area contributed by atoms with Crippen molar-refractivity contribution in [2.45, 2.75) is 6.92 Å². The van der Waals surface area contributed by atoms with E-state index in [0.29, 0.717) is 11.4 Å². The topological polar surface area (TPSA) is 162 Å². The maximum Gasteiger partial charge on any atom is 0.353 e. The first-order chi connectivity index (χ1) is 13.3. The monoisotopic (exact) mass is 381 g/mol. The molecule has 0 aliphatic carbocycles. The number of benzene rings is 2. The molecule has 0 amide bonds. The second-order valence-corrected chi connectivity index (χ2v) is 5.81. The van der Waals surface area contributed by atoms with Gasteiger partial charge in [-0.2, -0.15) is 9.97 Å². The summed E-state index contributed by atoms with van der Waals surface area (Å²) in [6.45, 7) is 1.92. The van der Waals surface area contributed by atoms with Gasteiger partial charge in [0.15, 0.2) is 0 Å². The number of nitrogens with two attached hydrogens (primary N) is 1. The van der Waals surface area contributed by atoms with Crippen molar-refractivity contribution in [1.29, 1.82) is 0 Å². The second-order valence-electron chi connectivity index (χ2n) is 5.81. The van der Waals surface area contributed by atoms with Crippen molar-refractivity contribution in [2.24, 2.45) is 0 Å². The van der Waals surface area contributed by atoms with Gasteiger partial charge in [0.1, 0.15) is 0 Å². The van der Waals surface area contributed by atoms with E-state index in [1.165, 1.54) is 24.3 Å². The summed E-state index contributed by atoms with van der Waals surface area (Å²) in [5.74, 6) is -0.392. The van der Waals surface area contributed by atoms with Crippen molar-refractivity contribution in [2.75, 3.05) is 16.4 Å². The van der Waals surface area contributed by atoms with Crippen molar-refractivity contribution < 1.29 is 9.85 Å². The van der Waals surface area contributed by atoms with Gasteiger partial charge in [-0.15, -0.1) is 0 Å². The number of nitrogen functional groups attached to an aromatic ring is 1. The van der Waals surface area contributed by atoms with Gasteiger partial charge in [-0.05, 0) is 31.2 Å². The molecule has 0 saturated heterocycles. The van der Waals surface area contributed by atoms with Crippen LogP contribution in [0.25, 0.3) is 0 Å². The molecule has 0 unspecified atom stereocenters. The van der Waals surface area contributed by atoms with Crippen LogP contribution in [-0.2, 0) is 0 Å². The van der Waals surface area contributed by atoms with Crippen LogP contribution in [0.3, 0.4) is 0 Å². The molecule has 0 aliphatic heterocycles. The van der Waals surface area contributed by atoms with Crippen LogP contribution in [0.5, 0.6) is 0 Å². The number of non-ortho nitro benzene ring substituents is 1.